The second kappa shape index (κ2) is 15.2. The second-order valence-electron chi connectivity index (χ2n) is 8.38. The predicted octanol–water partition coefficient (Wildman–Crippen LogP) is 3.66. The van der Waals surface area contributed by atoms with Crippen molar-refractivity contribution in [1.82, 2.24) is 0 Å². The molecular weight excluding hydrogens is 408 g/mol. The molecule has 1 saturated heterocycles. The molecule has 1 aliphatic rings. The Bertz CT molecular complexity index is 687. The van der Waals surface area contributed by atoms with Gasteiger partial charge in [0.05, 0.1) is 6.61 Å². The molecule has 0 aromatic heterocycles. The first-order chi connectivity index (χ1) is 15.6. The van der Waals surface area contributed by atoms with Gasteiger partial charge in [-0.15, -0.1) is 0 Å². The van der Waals surface area contributed by atoms with Gasteiger partial charge in [-0.25, -0.2) is 0 Å². The predicted molar refractivity (Wildman–Crippen MR) is 125 cm³/mol. The Morgan fingerprint density at radius 1 is 0.906 bits per heavy atom. The summed E-state index contributed by atoms with van der Waals surface area (Å²) in [5, 5.41) is 39.2. The van der Waals surface area contributed by atoms with Crippen molar-refractivity contribution in [2.45, 2.75) is 95.4 Å². The van der Waals surface area contributed by atoms with Crippen molar-refractivity contribution in [3.63, 3.8) is 0 Å². The second-order valence-corrected chi connectivity index (χ2v) is 8.38. The van der Waals surface area contributed by atoms with Crippen molar-refractivity contribution in [1.29, 1.82) is 0 Å². The van der Waals surface area contributed by atoms with Crippen LogP contribution < -0.4 is 4.74 Å². The third-order valence-electron chi connectivity index (χ3n) is 5.65. The fraction of sp³-hybridized carbons (Fsp3) is 0.615. The largest absolute Gasteiger partial charge is 0.462 e. The minimum atomic E-state index is -1.44. The lowest BCUT2D eigenvalue weighted by atomic mass is 9.99. The summed E-state index contributed by atoms with van der Waals surface area (Å²) in [6, 6.07) is 7.58. The van der Waals surface area contributed by atoms with Crippen molar-refractivity contribution < 1.29 is 29.9 Å². The van der Waals surface area contributed by atoms with Crippen LogP contribution in [0.25, 0.3) is 0 Å². The van der Waals surface area contributed by atoms with Crippen molar-refractivity contribution >= 4 is 0 Å². The Morgan fingerprint density at radius 3 is 2.41 bits per heavy atom. The first kappa shape index (κ1) is 26.6. The van der Waals surface area contributed by atoms with Crippen molar-refractivity contribution in [2.24, 2.45) is 0 Å². The van der Waals surface area contributed by atoms with E-state index in [0.29, 0.717) is 5.75 Å². The fourth-order valence-electron chi connectivity index (χ4n) is 3.69. The molecule has 0 unspecified atom stereocenters. The van der Waals surface area contributed by atoms with E-state index >= 15 is 0 Å². The average Bonchev–Trinajstić information content (AvgIpc) is 2.80. The molecule has 1 aromatic carbocycles. The molecule has 0 radical (unpaired) electrons. The average molecular weight is 449 g/mol. The van der Waals surface area contributed by atoms with Crippen molar-refractivity contribution in [2.75, 3.05) is 6.61 Å². The Labute approximate surface area is 192 Å². The highest BCUT2D eigenvalue weighted by Gasteiger charge is 2.44. The van der Waals surface area contributed by atoms with E-state index in [1.807, 2.05) is 18.2 Å². The van der Waals surface area contributed by atoms with Crippen LogP contribution in [0.1, 0.15) is 63.9 Å². The van der Waals surface area contributed by atoms with Crippen LogP contribution in [0.5, 0.6) is 5.75 Å². The fourth-order valence-corrected chi connectivity index (χ4v) is 3.69. The van der Waals surface area contributed by atoms with E-state index in [-0.39, 0.29) is 0 Å². The summed E-state index contributed by atoms with van der Waals surface area (Å²) in [7, 11) is 0. The molecule has 5 atom stereocenters. The van der Waals surface area contributed by atoms with Crippen LogP contribution in [-0.4, -0.2) is 57.7 Å². The lowest BCUT2D eigenvalue weighted by Crippen LogP contribution is -2.60. The number of rotatable bonds is 14. The summed E-state index contributed by atoms with van der Waals surface area (Å²) in [6.45, 7) is 1.71. The van der Waals surface area contributed by atoms with Crippen LogP contribution in [0.3, 0.4) is 0 Å². The van der Waals surface area contributed by atoms with Gasteiger partial charge in [-0.1, -0.05) is 62.6 Å². The number of hydrogen-bond acceptors (Lipinski definition) is 6. The molecule has 0 aliphatic carbocycles. The first-order valence-electron chi connectivity index (χ1n) is 11.9. The van der Waals surface area contributed by atoms with Gasteiger partial charge in [-0.3, -0.25) is 0 Å². The quantitative estimate of drug-likeness (QED) is 0.256. The summed E-state index contributed by atoms with van der Waals surface area (Å²) >= 11 is 0. The monoisotopic (exact) mass is 448 g/mol. The molecule has 0 bridgehead atoms. The van der Waals surface area contributed by atoms with Crippen LogP contribution in [0.15, 0.2) is 48.6 Å². The number of aryl methyl sites for hydroxylation is 1. The molecule has 180 valence electrons. The molecule has 6 nitrogen and oxygen atoms in total. The SMILES string of the molecule is CCC/C=C\C/C=C\CCCCCCc1cccc(O[C@@H]2O[C@H](CO)[C@@H](O)[C@H](O)[C@H]2O)c1. The zero-order chi connectivity index (χ0) is 23.2. The highest BCUT2D eigenvalue weighted by molar-refractivity contribution is 5.28. The van der Waals surface area contributed by atoms with Gasteiger partial charge in [0.1, 0.15) is 30.2 Å². The van der Waals surface area contributed by atoms with E-state index in [4.69, 9.17) is 9.47 Å². The van der Waals surface area contributed by atoms with Crippen LogP contribution in [0.4, 0.5) is 0 Å². The number of ether oxygens (including phenoxy) is 2. The van der Waals surface area contributed by atoms with E-state index in [1.54, 1.807) is 6.07 Å². The zero-order valence-corrected chi connectivity index (χ0v) is 19.2. The summed E-state index contributed by atoms with van der Waals surface area (Å²) in [5.74, 6) is 0.518. The van der Waals surface area contributed by atoms with E-state index in [1.165, 1.54) is 25.7 Å². The molecule has 0 amide bonds. The molecule has 1 aliphatic heterocycles. The lowest BCUT2D eigenvalue weighted by Gasteiger charge is -2.39. The van der Waals surface area contributed by atoms with Crippen LogP contribution in [0.2, 0.25) is 0 Å². The van der Waals surface area contributed by atoms with E-state index in [9.17, 15) is 20.4 Å². The Hall–Kier alpha value is -1.70. The number of unbranched alkanes of at least 4 members (excludes halogenated alkanes) is 5. The van der Waals surface area contributed by atoms with Gasteiger partial charge in [0.25, 0.3) is 0 Å². The number of allylic oxidation sites excluding steroid dienone is 4. The number of aliphatic hydroxyl groups excluding tert-OH is 4. The molecule has 1 heterocycles. The van der Waals surface area contributed by atoms with Crippen molar-refractivity contribution in [3.8, 4) is 5.75 Å². The third kappa shape index (κ3) is 9.04. The smallest absolute Gasteiger partial charge is 0.229 e. The molecule has 4 N–H and O–H groups in total. The first-order valence-corrected chi connectivity index (χ1v) is 11.9. The normalized spacial score (nSPS) is 26.2. The van der Waals surface area contributed by atoms with Gasteiger partial charge in [0, 0.05) is 0 Å². The van der Waals surface area contributed by atoms with Crippen LogP contribution in [-0.2, 0) is 11.2 Å². The summed E-state index contributed by atoms with van der Waals surface area (Å²) in [6.07, 6.45) is 12.7. The maximum Gasteiger partial charge on any atom is 0.229 e. The maximum absolute atomic E-state index is 10.1. The number of hydrogen-bond donors (Lipinski definition) is 4. The molecule has 6 heteroatoms. The molecule has 1 fully saturated rings. The standard InChI is InChI=1S/C26H40O6/c1-2-3-4-5-6-7-8-9-10-11-12-13-15-20-16-14-17-21(18-20)31-26-25(30)24(29)23(28)22(19-27)32-26/h4-5,7-8,14,16-18,22-30H,2-3,6,9-13,15,19H2,1H3/b5-4-,8-7-/t22-,23-,24+,25-,26-/m1/s1. The minimum absolute atomic E-state index is 0.476. The molecule has 2 rings (SSSR count). The van der Waals surface area contributed by atoms with Crippen molar-refractivity contribution in [3.05, 3.63) is 54.1 Å². The third-order valence-corrected chi connectivity index (χ3v) is 5.65. The summed E-state index contributed by atoms with van der Waals surface area (Å²) in [5.41, 5.74) is 1.13. The molecular formula is C26H40O6. The molecule has 1 aromatic rings. The van der Waals surface area contributed by atoms with Gasteiger partial charge in [0.2, 0.25) is 6.29 Å². The Morgan fingerprint density at radius 2 is 1.66 bits per heavy atom. The van der Waals surface area contributed by atoms with E-state index in [0.717, 1.165) is 37.7 Å². The maximum atomic E-state index is 10.1. The zero-order valence-electron chi connectivity index (χ0n) is 19.2. The lowest BCUT2D eigenvalue weighted by molar-refractivity contribution is -0.277. The van der Waals surface area contributed by atoms with Gasteiger partial charge < -0.3 is 29.9 Å². The summed E-state index contributed by atoms with van der Waals surface area (Å²) in [4.78, 5) is 0. The highest BCUT2D eigenvalue weighted by Crippen LogP contribution is 2.25. The topological polar surface area (TPSA) is 99.4 Å². The van der Waals surface area contributed by atoms with Gasteiger partial charge in [-0.05, 0) is 56.2 Å². The van der Waals surface area contributed by atoms with Gasteiger partial charge >= 0.3 is 0 Å². The minimum Gasteiger partial charge on any atom is -0.462 e. The Balaban J connectivity index is 1.67. The summed E-state index contributed by atoms with van der Waals surface area (Å²) < 4.78 is 11.1. The van der Waals surface area contributed by atoms with Crippen LogP contribution in [0, 0.1) is 0 Å². The highest BCUT2D eigenvalue weighted by atomic mass is 16.7. The molecule has 0 saturated carbocycles. The van der Waals surface area contributed by atoms with E-state index in [2.05, 4.69) is 31.2 Å². The van der Waals surface area contributed by atoms with Crippen LogP contribution >= 0.6 is 0 Å². The number of aliphatic hydroxyl groups is 4. The van der Waals surface area contributed by atoms with Gasteiger partial charge in [-0.2, -0.15) is 0 Å². The number of benzene rings is 1. The molecule has 32 heavy (non-hydrogen) atoms. The van der Waals surface area contributed by atoms with E-state index < -0.39 is 37.3 Å². The molecule has 0 spiro atoms. The van der Waals surface area contributed by atoms with Gasteiger partial charge in [0.15, 0.2) is 0 Å². The Kier molecular flexibility index (Phi) is 12.6.